The van der Waals surface area contributed by atoms with Crippen LogP contribution in [-0.2, 0) is 6.42 Å². The summed E-state index contributed by atoms with van der Waals surface area (Å²) in [5, 5.41) is 3.67. The monoisotopic (exact) mass is 203 g/mol. The predicted molar refractivity (Wildman–Crippen MR) is 66.5 cm³/mol. The Kier molecular flexibility index (Phi) is 2.29. The van der Waals surface area contributed by atoms with Gasteiger partial charge in [0.1, 0.15) is 0 Å². The molecule has 1 N–H and O–H groups in total. The Labute approximate surface area is 92.9 Å². The SMILES string of the molecule is Cc1cc(C)c2c(c1)CC(C(C)(C)C)N2. The number of benzene rings is 1. The Bertz CT molecular complexity index is 385. The summed E-state index contributed by atoms with van der Waals surface area (Å²) in [6.07, 6.45) is 1.17. The Morgan fingerprint density at radius 1 is 1.20 bits per heavy atom. The van der Waals surface area contributed by atoms with Crippen molar-refractivity contribution in [3.8, 4) is 0 Å². The van der Waals surface area contributed by atoms with Crippen LogP contribution >= 0.6 is 0 Å². The predicted octanol–water partition coefficient (Wildman–Crippen LogP) is 3.69. The third-order valence-corrected chi connectivity index (χ3v) is 3.35. The lowest BCUT2D eigenvalue weighted by atomic mass is 9.85. The Morgan fingerprint density at radius 3 is 2.47 bits per heavy atom. The molecule has 0 aliphatic carbocycles. The fourth-order valence-corrected chi connectivity index (χ4v) is 2.39. The highest BCUT2D eigenvalue weighted by Gasteiger charge is 2.31. The minimum atomic E-state index is 0.333. The van der Waals surface area contributed by atoms with E-state index in [2.05, 4.69) is 52.1 Å². The molecular formula is C14H21N. The zero-order chi connectivity index (χ0) is 11.2. The molecule has 0 radical (unpaired) electrons. The first kappa shape index (κ1) is 10.5. The van der Waals surface area contributed by atoms with Crippen molar-refractivity contribution in [1.29, 1.82) is 0 Å². The van der Waals surface area contributed by atoms with Crippen LogP contribution in [0.3, 0.4) is 0 Å². The molecule has 0 fully saturated rings. The number of fused-ring (bicyclic) bond motifs is 1. The smallest absolute Gasteiger partial charge is 0.0405 e. The molecule has 0 saturated heterocycles. The van der Waals surface area contributed by atoms with Gasteiger partial charge in [-0.25, -0.2) is 0 Å². The molecule has 1 aromatic carbocycles. The molecule has 0 amide bonds. The summed E-state index contributed by atoms with van der Waals surface area (Å²) in [5.41, 5.74) is 5.96. The molecule has 0 saturated carbocycles. The summed E-state index contributed by atoms with van der Waals surface area (Å²) >= 11 is 0. The number of anilines is 1. The van der Waals surface area contributed by atoms with Crippen LogP contribution < -0.4 is 5.32 Å². The molecule has 1 unspecified atom stereocenters. The van der Waals surface area contributed by atoms with Crippen molar-refractivity contribution in [3.05, 3.63) is 28.8 Å². The average Bonchev–Trinajstić information content (AvgIpc) is 2.46. The summed E-state index contributed by atoms with van der Waals surface area (Å²) in [6, 6.07) is 5.16. The molecule has 1 atom stereocenters. The van der Waals surface area contributed by atoms with Gasteiger partial charge in [-0.05, 0) is 36.8 Å². The van der Waals surface area contributed by atoms with Crippen LogP contribution in [0, 0.1) is 19.3 Å². The quantitative estimate of drug-likeness (QED) is 0.678. The van der Waals surface area contributed by atoms with Gasteiger partial charge in [-0.2, -0.15) is 0 Å². The van der Waals surface area contributed by atoms with Crippen molar-refractivity contribution >= 4 is 5.69 Å². The molecule has 1 nitrogen and oxygen atoms in total. The molecule has 1 aliphatic rings. The van der Waals surface area contributed by atoms with Gasteiger partial charge in [0.2, 0.25) is 0 Å². The maximum Gasteiger partial charge on any atom is 0.0405 e. The van der Waals surface area contributed by atoms with Gasteiger partial charge in [0.25, 0.3) is 0 Å². The highest BCUT2D eigenvalue weighted by atomic mass is 15.0. The minimum Gasteiger partial charge on any atom is -0.381 e. The van der Waals surface area contributed by atoms with Gasteiger partial charge in [-0.1, -0.05) is 38.5 Å². The molecular weight excluding hydrogens is 182 g/mol. The molecule has 1 heteroatoms. The third-order valence-electron chi connectivity index (χ3n) is 3.35. The summed E-state index contributed by atoms with van der Waals surface area (Å²) < 4.78 is 0. The Hall–Kier alpha value is -0.980. The fourth-order valence-electron chi connectivity index (χ4n) is 2.39. The van der Waals surface area contributed by atoms with Gasteiger partial charge in [-0.15, -0.1) is 0 Å². The van der Waals surface area contributed by atoms with E-state index in [0.29, 0.717) is 11.5 Å². The topological polar surface area (TPSA) is 12.0 Å². The molecule has 82 valence electrons. The molecule has 0 aromatic heterocycles. The summed E-state index contributed by atoms with van der Waals surface area (Å²) in [4.78, 5) is 0. The van der Waals surface area contributed by atoms with Gasteiger partial charge < -0.3 is 5.32 Å². The zero-order valence-corrected chi connectivity index (χ0v) is 10.4. The highest BCUT2D eigenvalue weighted by molar-refractivity contribution is 5.63. The number of hydrogen-bond acceptors (Lipinski definition) is 1. The lowest BCUT2D eigenvalue weighted by Gasteiger charge is -2.27. The van der Waals surface area contributed by atoms with Crippen molar-refractivity contribution in [3.63, 3.8) is 0 Å². The molecule has 2 rings (SSSR count). The highest BCUT2D eigenvalue weighted by Crippen LogP contribution is 2.36. The van der Waals surface area contributed by atoms with Crippen molar-refractivity contribution in [2.24, 2.45) is 5.41 Å². The second-order valence-electron chi connectivity index (χ2n) is 5.88. The van der Waals surface area contributed by atoms with Gasteiger partial charge in [-0.3, -0.25) is 0 Å². The number of hydrogen-bond donors (Lipinski definition) is 1. The molecule has 1 aromatic rings. The number of rotatable bonds is 0. The van der Waals surface area contributed by atoms with Gasteiger partial charge in [0.05, 0.1) is 0 Å². The van der Waals surface area contributed by atoms with E-state index in [-0.39, 0.29) is 0 Å². The van der Waals surface area contributed by atoms with E-state index in [4.69, 9.17) is 0 Å². The van der Waals surface area contributed by atoms with Crippen molar-refractivity contribution in [2.75, 3.05) is 5.32 Å². The van der Waals surface area contributed by atoms with Gasteiger partial charge >= 0.3 is 0 Å². The van der Waals surface area contributed by atoms with E-state index in [0.717, 1.165) is 0 Å². The minimum absolute atomic E-state index is 0.333. The van der Waals surface area contributed by atoms with Gasteiger partial charge in [0, 0.05) is 11.7 Å². The van der Waals surface area contributed by atoms with Crippen LogP contribution in [0.15, 0.2) is 12.1 Å². The second-order valence-corrected chi connectivity index (χ2v) is 5.88. The first-order chi connectivity index (χ1) is 6.88. The largest absolute Gasteiger partial charge is 0.381 e. The van der Waals surface area contributed by atoms with Crippen molar-refractivity contribution < 1.29 is 0 Å². The first-order valence-electron chi connectivity index (χ1n) is 5.74. The average molecular weight is 203 g/mol. The Morgan fingerprint density at radius 2 is 1.87 bits per heavy atom. The molecule has 0 bridgehead atoms. The number of nitrogens with one attached hydrogen (secondary N) is 1. The van der Waals surface area contributed by atoms with Crippen molar-refractivity contribution in [1.82, 2.24) is 0 Å². The summed E-state index contributed by atoms with van der Waals surface area (Å²) in [7, 11) is 0. The normalized spacial score (nSPS) is 19.9. The summed E-state index contributed by atoms with van der Waals surface area (Å²) in [5.74, 6) is 0. The number of aryl methyl sites for hydroxylation is 2. The maximum atomic E-state index is 3.67. The van der Waals surface area contributed by atoms with E-state index < -0.39 is 0 Å². The van der Waals surface area contributed by atoms with Crippen molar-refractivity contribution in [2.45, 2.75) is 47.1 Å². The summed E-state index contributed by atoms with van der Waals surface area (Å²) in [6.45, 7) is 11.3. The van der Waals surface area contributed by atoms with E-state index in [1.807, 2.05) is 0 Å². The fraction of sp³-hybridized carbons (Fsp3) is 0.571. The third kappa shape index (κ3) is 1.88. The second kappa shape index (κ2) is 3.26. The lowest BCUT2D eigenvalue weighted by Crippen LogP contribution is -2.31. The standard InChI is InChI=1S/C14H21N/c1-9-6-10(2)13-11(7-9)8-12(15-13)14(3,4)5/h6-7,12,15H,8H2,1-5H3. The van der Waals surface area contributed by atoms with Crippen LogP contribution in [-0.4, -0.2) is 6.04 Å². The zero-order valence-electron chi connectivity index (χ0n) is 10.4. The maximum absolute atomic E-state index is 3.67. The van der Waals surface area contributed by atoms with Gasteiger partial charge in [0.15, 0.2) is 0 Å². The van der Waals surface area contributed by atoms with Crippen LogP contribution in [0.5, 0.6) is 0 Å². The van der Waals surface area contributed by atoms with E-state index in [1.165, 1.54) is 28.8 Å². The van der Waals surface area contributed by atoms with Crippen LogP contribution in [0.4, 0.5) is 5.69 Å². The molecule has 1 heterocycles. The Balaban J connectivity index is 2.35. The van der Waals surface area contributed by atoms with Crippen LogP contribution in [0.25, 0.3) is 0 Å². The molecule has 1 aliphatic heterocycles. The van der Waals surface area contributed by atoms with E-state index in [9.17, 15) is 0 Å². The molecule has 15 heavy (non-hydrogen) atoms. The first-order valence-corrected chi connectivity index (χ1v) is 5.74. The van der Waals surface area contributed by atoms with E-state index in [1.54, 1.807) is 0 Å². The van der Waals surface area contributed by atoms with E-state index >= 15 is 0 Å². The van der Waals surface area contributed by atoms with Crippen LogP contribution in [0.1, 0.15) is 37.5 Å². The molecule has 0 spiro atoms. The van der Waals surface area contributed by atoms with Crippen LogP contribution in [0.2, 0.25) is 0 Å². The lowest BCUT2D eigenvalue weighted by molar-refractivity contribution is 0.347.